The molecule has 0 aliphatic carbocycles. The van der Waals surface area contributed by atoms with E-state index >= 15 is 0 Å². The molecule has 5 heteroatoms. The van der Waals surface area contributed by atoms with E-state index in [2.05, 4.69) is 5.48 Å². The molecule has 1 aliphatic heterocycles. The van der Waals surface area contributed by atoms with Crippen LogP contribution >= 0.6 is 0 Å². The van der Waals surface area contributed by atoms with E-state index in [0.717, 1.165) is 5.56 Å². The number of carbonyl (C=O) groups excluding carboxylic acids is 1. The van der Waals surface area contributed by atoms with Crippen molar-refractivity contribution in [2.45, 2.75) is 19.4 Å². The standard InChI is InChI=1S/C13H16FNO3/c14-12-3-1-10(2-4-12)9-15-18-13(16)11-5-7-17-8-6-11/h1-4,11,15H,5-9H2. The Balaban J connectivity index is 1.71. The summed E-state index contributed by atoms with van der Waals surface area (Å²) in [6.45, 7) is 1.59. The van der Waals surface area contributed by atoms with Gasteiger partial charge in [0.05, 0.1) is 12.5 Å². The average molecular weight is 253 g/mol. The van der Waals surface area contributed by atoms with Gasteiger partial charge in [-0.2, -0.15) is 0 Å². The second-order valence-electron chi connectivity index (χ2n) is 4.26. The Kier molecular flexibility index (Phi) is 4.66. The molecule has 0 saturated carbocycles. The van der Waals surface area contributed by atoms with Gasteiger partial charge in [0.25, 0.3) is 0 Å². The van der Waals surface area contributed by atoms with Crippen molar-refractivity contribution in [1.82, 2.24) is 5.48 Å². The number of carbonyl (C=O) groups is 1. The predicted octanol–water partition coefficient (Wildman–Crippen LogP) is 1.80. The van der Waals surface area contributed by atoms with Crippen molar-refractivity contribution in [3.63, 3.8) is 0 Å². The summed E-state index contributed by atoms with van der Waals surface area (Å²) in [5.41, 5.74) is 3.46. The SMILES string of the molecule is O=C(ONCc1ccc(F)cc1)C1CCOCC1. The lowest BCUT2D eigenvalue weighted by atomic mass is 10.0. The smallest absolute Gasteiger partial charge is 0.327 e. The summed E-state index contributed by atoms with van der Waals surface area (Å²) in [5.74, 6) is -0.613. The fraction of sp³-hybridized carbons (Fsp3) is 0.462. The van der Waals surface area contributed by atoms with Crippen LogP contribution in [0.15, 0.2) is 24.3 Å². The maximum absolute atomic E-state index is 12.7. The molecule has 1 N–H and O–H groups in total. The Bertz CT molecular complexity index is 388. The van der Waals surface area contributed by atoms with Crippen LogP contribution in [0.25, 0.3) is 0 Å². The number of hydroxylamine groups is 1. The van der Waals surface area contributed by atoms with Gasteiger partial charge >= 0.3 is 5.97 Å². The van der Waals surface area contributed by atoms with E-state index in [1.807, 2.05) is 0 Å². The molecule has 0 spiro atoms. The van der Waals surface area contributed by atoms with Crippen LogP contribution in [0.4, 0.5) is 4.39 Å². The third kappa shape index (κ3) is 3.78. The van der Waals surface area contributed by atoms with Crippen molar-refractivity contribution >= 4 is 5.97 Å². The Labute approximate surface area is 105 Å². The fourth-order valence-electron chi connectivity index (χ4n) is 1.81. The molecule has 2 rings (SSSR count). The quantitative estimate of drug-likeness (QED) is 0.831. The average Bonchev–Trinajstić information content (AvgIpc) is 2.42. The molecular weight excluding hydrogens is 237 g/mol. The van der Waals surface area contributed by atoms with Gasteiger partial charge in [0.15, 0.2) is 0 Å². The largest absolute Gasteiger partial charge is 0.381 e. The number of halogens is 1. The highest BCUT2D eigenvalue weighted by Crippen LogP contribution is 2.15. The van der Waals surface area contributed by atoms with Crippen molar-refractivity contribution in [3.8, 4) is 0 Å². The second kappa shape index (κ2) is 6.47. The van der Waals surface area contributed by atoms with Gasteiger partial charge in [0, 0.05) is 13.2 Å². The van der Waals surface area contributed by atoms with Crippen LogP contribution in [0.3, 0.4) is 0 Å². The minimum absolute atomic E-state index is 0.0838. The van der Waals surface area contributed by atoms with Crippen molar-refractivity contribution in [1.29, 1.82) is 0 Å². The van der Waals surface area contributed by atoms with E-state index in [-0.39, 0.29) is 17.7 Å². The first-order valence-electron chi connectivity index (χ1n) is 6.01. The Hall–Kier alpha value is -1.46. The van der Waals surface area contributed by atoms with Gasteiger partial charge < -0.3 is 9.57 Å². The third-order valence-electron chi connectivity index (χ3n) is 2.92. The van der Waals surface area contributed by atoms with Crippen LogP contribution in [-0.4, -0.2) is 19.2 Å². The van der Waals surface area contributed by atoms with E-state index < -0.39 is 0 Å². The molecule has 4 nitrogen and oxygen atoms in total. The molecule has 0 amide bonds. The van der Waals surface area contributed by atoms with Crippen molar-refractivity contribution in [2.75, 3.05) is 13.2 Å². The first kappa shape index (κ1) is 13.0. The van der Waals surface area contributed by atoms with Gasteiger partial charge in [0.1, 0.15) is 5.82 Å². The molecular formula is C13H16FNO3. The topological polar surface area (TPSA) is 47.6 Å². The predicted molar refractivity (Wildman–Crippen MR) is 62.9 cm³/mol. The number of hydrogen-bond donors (Lipinski definition) is 1. The minimum Gasteiger partial charge on any atom is -0.381 e. The summed E-state index contributed by atoms with van der Waals surface area (Å²) in [7, 11) is 0. The first-order chi connectivity index (χ1) is 8.75. The molecule has 98 valence electrons. The van der Waals surface area contributed by atoms with Gasteiger partial charge in [-0.25, -0.2) is 4.39 Å². The Morgan fingerprint density at radius 2 is 2.00 bits per heavy atom. The van der Waals surface area contributed by atoms with Gasteiger partial charge in [-0.1, -0.05) is 12.1 Å². The van der Waals surface area contributed by atoms with Crippen LogP contribution in [0, 0.1) is 11.7 Å². The van der Waals surface area contributed by atoms with Crippen LogP contribution in [-0.2, 0) is 20.9 Å². The minimum atomic E-state index is -0.280. The summed E-state index contributed by atoms with van der Waals surface area (Å²) in [6, 6.07) is 6.03. The first-order valence-corrected chi connectivity index (χ1v) is 6.01. The zero-order valence-corrected chi connectivity index (χ0v) is 10.0. The lowest BCUT2D eigenvalue weighted by Crippen LogP contribution is -2.29. The van der Waals surface area contributed by atoms with Crippen LogP contribution in [0.1, 0.15) is 18.4 Å². The summed E-state index contributed by atoms with van der Waals surface area (Å²) in [6.07, 6.45) is 1.41. The number of ether oxygens (including phenoxy) is 1. The number of benzene rings is 1. The Morgan fingerprint density at radius 1 is 1.33 bits per heavy atom. The molecule has 1 heterocycles. The van der Waals surface area contributed by atoms with E-state index in [9.17, 15) is 9.18 Å². The molecule has 1 fully saturated rings. The zero-order valence-electron chi connectivity index (χ0n) is 10.0. The molecule has 1 aliphatic rings. The fourth-order valence-corrected chi connectivity index (χ4v) is 1.81. The molecule has 18 heavy (non-hydrogen) atoms. The molecule has 1 saturated heterocycles. The van der Waals surface area contributed by atoms with Crippen molar-refractivity contribution in [2.24, 2.45) is 5.92 Å². The highest BCUT2D eigenvalue weighted by molar-refractivity contribution is 5.72. The van der Waals surface area contributed by atoms with Gasteiger partial charge in [-0.15, -0.1) is 5.48 Å². The Morgan fingerprint density at radius 3 is 2.67 bits per heavy atom. The maximum Gasteiger partial charge on any atom is 0.327 e. The molecule has 0 radical (unpaired) electrons. The summed E-state index contributed by atoms with van der Waals surface area (Å²) >= 11 is 0. The highest BCUT2D eigenvalue weighted by Gasteiger charge is 2.23. The van der Waals surface area contributed by atoms with Crippen molar-refractivity contribution in [3.05, 3.63) is 35.6 Å². The third-order valence-corrected chi connectivity index (χ3v) is 2.92. The lowest BCUT2D eigenvalue weighted by molar-refractivity contribution is -0.159. The van der Waals surface area contributed by atoms with Crippen LogP contribution in [0.2, 0.25) is 0 Å². The highest BCUT2D eigenvalue weighted by atomic mass is 19.1. The summed E-state index contributed by atoms with van der Waals surface area (Å²) in [5, 5.41) is 0. The van der Waals surface area contributed by atoms with Crippen molar-refractivity contribution < 1.29 is 18.8 Å². The molecule has 0 bridgehead atoms. The summed E-state index contributed by atoms with van der Waals surface area (Å²) in [4.78, 5) is 16.6. The molecule has 0 unspecified atom stereocenters. The summed E-state index contributed by atoms with van der Waals surface area (Å²) < 4.78 is 17.8. The number of rotatable bonds is 4. The monoisotopic (exact) mass is 253 g/mol. The second-order valence-corrected chi connectivity index (χ2v) is 4.26. The number of nitrogens with one attached hydrogen (secondary N) is 1. The van der Waals surface area contributed by atoms with E-state index in [4.69, 9.17) is 9.57 Å². The van der Waals surface area contributed by atoms with E-state index in [0.29, 0.717) is 32.6 Å². The number of hydrogen-bond acceptors (Lipinski definition) is 4. The molecule has 0 aromatic heterocycles. The van der Waals surface area contributed by atoms with Crippen LogP contribution in [0.5, 0.6) is 0 Å². The van der Waals surface area contributed by atoms with Gasteiger partial charge in [-0.05, 0) is 30.5 Å². The molecule has 1 aromatic rings. The zero-order chi connectivity index (χ0) is 12.8. The van der Waals surface area contributed by atoms with Crippen LogP contribution < -0.4 is 5.48 Å². The van der Waals surface area contributed by atoms with E-state index in [1.165, 1.54) is 12.1 Å². The molecule has 1 aromatic carbocycles. The van der Waals surface area contributed by atoms with Gasteiger partial charge in [0.2, 0.25) is 0 Å². The molecule has 0 atom stereocenters. The van der Waals surface area contributed by atoms with E-state index in [1.54, 1.807) is 12.1 Å². The lowest BCUT2D eigenvalue weighted by Gasteiger charge is -2.20. The maximum atomic E-state index is 12.7. The normalized spacial score (nSPS) is 16.5. The van der Waals surface area contributed by atoms with Gasteiger partial charge in [-0.3, -0.25) is 4.79 Å².